The molecule has 2 N–H and O–H groups in total. The van der Waals surface area contributed by atoms with E-state index in [1.165, 1.54) is 0 Å². The zero-order valence-electron chi connectivity index (χ0n) is 14.0. The minimum atomic E-state index is -0.450. The van der Waals surface area contributed by atoms with Crippen LogP contribution in [0.2, 0.25) is 0 Å². The first-order chi connectivity index (χ1) is 10.3. The molecule has 0 bridgehead atoms. The Morgan fingerprint density at radius 2 is 1.77 bits per heavy atom. The smallest absolute Gasteiger partial charge is 0.321 e. The molecule has 0 heterocycles. The Hall–Kier alpha value is -1.88. The molecule has 122 valence electrons. The van der Waals surface area contributed by atoms with Gasteiger partial charge in [-0.25, -0.2) is 4.79 Å². The second-order valence-electron chi connectivity index (χ2n) is 6.45. The van der Waals surface area contributed by atoms with E-state index in [2.05, 4.69) is 17.6 Å². The lowest BCUT2D eigenvalue weighted by molar-refractivity contribution is -0.121. The Kier molecular flexibility index (Phi) is 7.05. The van der Waals surface area contributed by atoms with Crippen LogP contribution in [0, 0.1) is 0 Å². The number of urea groups is 1. The average molecular weight is 305 g/mol. The molecule has 5 heteroatoms. The fraction of sp³-hybridized carbons (Fsp3) is 0.529. The van der Waals surface area contributed by atoms with E-state index >= 15 is 0 Å². The van der Waals surface area contributed by atoms with E-state index in [4.69, 9.17) is 0 Å². The molecule has 0 aliphatic rings. The topological polar surface area (TPSA) is 61.4 Å². The number of benzene rings is 1. The van der Waals surface area contributed by atoms with Gasteiger partial charge >= 0.3 is 6.03 Å². The maximum Gasteiger partial charge on any atom is 0.321 e. The Morgan fingerprint density at radius 3 is 2.32 bits per heavy atom. The second-order valence-corrected chi connectivity index (χ2v) is 6.45. The first kappa shape index (κ1) is 18.2. The van der Waals surface area contributed by atoms with E-state index in [1.807, 2.05) is 56.0 Å². The van der Waals surface area contributed by atoms with Crippen molar-refractivity contribution < 1.29 is 9.59 Å². The lowest BCUT2D eigenvalue weighted by Crippen LogP contribution is -2.50. The van der Waals surface area contributed by atoms with Crippen molar-refractivity contribution in [3.05, 3.63) is 35.9 Å². The van der Waals surface area contributed by atoms with Crippen molar-refractivity contribution in [2.45, 2.75) is 46.2 Å². The molecule has 0 spiro atoms. The molecule has 0 atom stereocenters. The molecule has 1 rings (SSSR count). The molecule has 0 saturated carbocycles. The third-order valence-electron chi connectivity index (χ3n) is 2.90. The summed E-state index contributed by atoms with van der Waals surface area (Å²) >= 11 is 0. The highest BCUT2D eigenvalue weighted by atomic mass is 16.2. The third-order valence-corrected chi connectivity index (χ3v) is 2.90. The summed E-state index contributed by atoms with van der Waals surface area (Å²) < 4.78 is 0. The van der Waals surface area contributed by atoms with Crippen LogP contribution in [-0.2, 0) is 11.3 Å². The Balaban J connectivity index is 2.52. The Labute approximate surface area is 133 Å². The number of carbonyl (C=O) groups excluding carboxylic acids is 2. The number of rotatable bonds is 6. The van der Waals surface area contributed by atoms with Crippen molar-refractivity contribution in [2.75, 3.05) is 13.1 Å². The van der Waals surface area contributed by atoms with Gasteiger partial charge in [-0.3, -0.25) is 15.0 Å². The number of nitrogens with one attached hydrogen (secondary N) is 2. The van der Waals surface area contributed by atoms with Crippen LogP contribution in [0.4, 0.5) is 4.79 Å². The van der Waals surface area contributed by atoms with Gasteiger partial charge in [-0.05, 0) is 39.3 Å². The summed E-state index contributed by atoms with van der Waals surface area (Å²) in [4.78, 5) is 25.7. The molecule has 0 aliphatic heterocycles. The van der Waals surface area contributed by atoms with Gasteiger partial charge in [-0.15, -0.1) is 0 Å². The minimum absolute atomic E-state index is 0.209. The zero-order valence-corrected chi connectivity index (χ0v) is 14.0. The van der Waals surface area contributed by atoms with Crippen molar-refractivity contribution in [1.29, 1.82) is 0 Å². The van der Waals surface area contributed by atoms with E-state index in [0.29, 0.717) is 6.54 Å². The van der Waals surface area contributed by atoms with E-state index in [0.717, 1.165) is 18.5 Å². The molecule has 0 radical (unpaired) electrons. The molecule has 0 fully saturated rings. The second kappa shape index (κ2) is 8.54. The van der Waals surface area contributed by atoms with Gasteiger partial charge in [0, 0.05) is 12.1 Å². The first-order valence-electron chi connectivity index (χ1n) is 7.68. The fourth-order valence-corrected chi connectivity index (χ4v) is 2.11. The molecule has 22 heavy (non-hydrogen) atoms. The van der Waals surface area contributed by atoms with Crippen LogP contribution in [0.1, 0.15) is 39.7 Å². The summed E-state index contributed by atoms with van der Waals surface area (Å²) in [6.45, 7) is 9.40. The van der Waals surface area contributed by atoms with E-state index in [1.54, 1.807) is 0 Å². The maximum absolute atomic E-state index is 12.0. The van der Waals surface area contributed by atoms with Gasteiger partial charge in [-0.2, -0.15) is 0 Å². The largest absolute Gasteiger partial charge is 0.333 e. The highest BCUT2D eigenvalue weighted by molar-refractivity contribution is 5.95. The molecule has 0 aromatic heterocycles. The lowest BCUT2D eigenvalue weighted by Gasteiger charge is -2.23. The van der Waals surface area contributed by atoms with Gasteiger partial charge in [0.25, 0.3) is 0 Å². The highest BCUT2D eigenvalue weighted by Gasteiger charge is 2.17. The summed E-state index contributed by atoms with van der Waals surface area (Å²) in [6.07, 6.45) is 0.953. The van der Waals surface area contributed by atoms with Crippen LogP contribution in [0.15, 0.2) is 30.3 Å². The van der Waals surface area contributed by atoms with Crippen molar-refractivity contribution >= 4 is 11.9 Å². The summed E-state index contributed by atoms with van der Waals surface area (Å²) in [6, 6.07) is 9.55. The predicted molar refractivity (Wildman–Crippen MR) is 88.4 cm³/mol. The Bertz CT molecular complexity index is 480. The third kappa shape index (κ3) is 7.78. The standard InChI is InChI=1S/C17H27N3O2/c1-5-11-20(12-14-9-7-6-8-10-14)13-15(21)18-16(22)19-17(2,3)4/h6-10H,5,11-13H2,1-4H3,(H2,18,19,21,22). The highest BCUT2D eigenvalue weighted by Crippen LogP contribution is 2.05. The molecule has 1 aromatic carbocycles. The molecule has 0 saturated heterocycles. The van der Waals surface area contributed by atoms with Crippen LogP contribution in [0.5, 0.6) is 0 Å². The number of hydrogen-bond donors (Lipinski definition) is 2. The van der Waals surface area contributed by atoms with Gasteiger partial charge in [0.1, 0.15) is 0 Å². The van der Waals surface area contributed by atoms with Crippen molar-refractivity contribution in [3.63, 3.8) is 0 Å². The Morgan fingerprint density at radius 1 is 1.14 bits per heavy atom. The van der Waals surface area contributed by atoms with Crippen molar-refractivity contribution in [1.82, 2.24) is 15.5 Å². The van der Waals surface area contributed by atoms with Crippen LogP contribution in [0.25, 0.3) is 0 Å². The molecule has 1 aromatic rings. The van der Waals surface area contributed by atoms with Crippen LogP contribution in [-0.4, -0.2) is 35.5 Å². The first-order valence-corrected chi connectivity index (χ1v) is 7.68. The van der Waals surface area contributed by atoms with Crippen LogP contribution < -0.4 is 10.6 Å². The zero-order chi connectivity index (χ0) is 16.6. The number of amides is 3. The number of nitrogens with zero attached hydrogens (tertiary/aromatic N) is 1. The maximum atomic E-state index is 12.0. The molecular formula is C17H27N3O2. The minimum Gasteiger partial charge on any atom is -0.333 e. The molecule has 0 aliphatic carbocycles. The summed E-state index contributed by atoms with van der Waals surface area (Å²) in [5, 5.41) is 5.10. The summed E-state index contributed by atoms with van der Waals surface area (Å²) in [7, 11) is 0. The van der Waals surface area contributed by atoms with Crippen molar-refractivity contribution in [3.8, 4) is 0 Å². The lowest BCUT2D eigenvalue weighted by atomic mass is 10.1. The van der Waals surface area contributed by atoms with Crippen LogP contribution in [0.3, 0.4) is 0 Å². The monoisotopic (exact) mass is 305 g/mol. The van der Waals surface area contributed by atoms with Gasteiger partial charge < -0.3 is 5.32 Å². The van der Waals surface area contributed by atoms with E-state index in [9.17, 15) is 9.59 Å². The SMILES string of the molecule is CCCN(CC(=O)NC(=O)NC(C)(C)C)Cc1ccccc1. The van der Waals surface area contributed by atoms with E-state index < -0.39 is 6.03 Å². The molecular weight excluding hydrogens is 278 g/mol. The molecule has 0 unspecified atom stereocenters. The number of imide groups is 1. The summed E-state index contributed by atoms with van der Waals surface area (Å²) in [5.74, 6) is -0.286. The van der Waals surface area contributed by atoms with E-state index in [-0.39, 0.29) is 18.0 Å². The van der Waals surface area contributed by atoms with Gasteiger partial charge in [-0.1, -0.05) is 37.3 Å². The normalized spacial score (nSPS) is 11.3. The predicted octanol–water partition coefficient (Wildman–Crippen LogP) is 2.52. The summed E-state index contributed by atoms with van der Waals surface area (Å²) in [5.41, 5.74) is 0.792. The number of carbonyl (C=O) groups is 2. The van der Waals surface area contributed by atoms with Crippen molar-refractivity contribution in [2.24, 2.45) is 0 Å². The van der Waals surface area contributed by atoms with Gasteiger partial charge in [0.05, 0.1) is 6.54 Å². The van der Waals surface area contributed by atoms with Gasteiger partial charge in [0.15, 0.2) is 0 Å². The quantitative estimate of drug-likeness (QED) is 0.849. The van der Waals surface area contributed by atoms with Crippen LogP contribution >= 0.6 is 0 Å². The fourth-order valence-electron chi connectivity index (χ4n) is 2.11. The average Bonchev–Trinajstić information content (AvgIpc) is 2.37. The molecule has 5 nitrogen and oxygen atoms in total. The molecule has 3 amide bonds. The van der Waals surface area contributed by atoms with Gasteiger partial charge in [0.2, 0.25) is 5.91 Å². The number of hydrogen-bond acceptors (Lipinski definition) is 3.